The maximum Gasteiger partial charge on any atom is 0.264 e. The predicted octanol–water partition coefficient (Wildman–Crippen LogP) is 2.11. The zero-order valence-corrected chi connectivity index (χ0v) is 13.0. The molecule has 2 rings (SSSR count). The predicted molar refractivity (Wildman–Crippen MR) is 79.0 cm³/mol. The number of hydrogen-bond acceptors (Lipinski definition) is 4. The van der Waals surface area contributed by atoms with Gasteiger partial charge in [0.1, 0.15) is 11.6 Å². The molecule has 0 radical (unpaired) electrons. The first-order valence-corrected chi connectivity index (χ1v) is 8.17. The van der Waals surface area contributed by atoms with Gasteiger partial charge in [-0.15, -0.1) is 0 Å². The number of halogens is 2. The van der Waals surface area contributed by atoms with Gasteiger partial charge in [-0.05, 0) is 48.7 Å². The summed E-state index contributed by atoms with van der Waals surface area (Å²) in [5.41, 5.74) is 0.891. The highest BCUT2D eigenvalue weighted by molar-refractivity contribution is 7.90. The van der Waals surface area contributed by atoms with Crippen molar-refractivity contribution in [3.05, 3.63) is 59.4 Å². The van der Waals surface area contributed by atoms with Crippen molar-refractivity contribution in [3.63, 3.8) is 0 Å². The van der Waals surface area contributed by atoms with Crippen molar-refractivity contribution in [2.24, 2.45) is 0 Å². The third-order valence-electron chi connectivity index (χ3n) is 2.98. The van der Waals surface area contributed by atoms with Gasteiger partial charge in [0.05, 0.1) is 11.1 Å². The average molecular weight is 340 g/mol. The monoisotopic (exact) mass is 340 g/mol. The zero-order chi connectivity index (χ0) is 17.0. The van der Waals surface area contributed by atoms with Gasteiger partial charge in [-0.2, -0.15) is 0 Å². The molecule has 5 nitrogen and oxygen atoms in total. The molecule has 0 atom stereocenters. The van der Waals surface area contributed by atoms with Crippen LogP contribution < -0.4 is 4.72 Å². The van der Waals surface area contributed by atoms with Gasteiger partial charge in [0.2, 0.25) is 5.91 Å². The molecule has 0 bridgehead atoms. The number of carbonyl (C=O) groups excluding carboxylic acids is 1. The molecule has 2 aromatic rings. The van der Waals surface area contributed by atoms with E-state index >= 15 is 0 Å². The molecule has 122 valence electrons. The van der Waals surface area contributed by atoms with Gasteiger partial charge < -0.3 is 0 Å². The zero-order valence-electron chi connectivity index (χ0n) is 12.2. The van der Waals surface area contributed by atoms with E-state index in [0.717, 1.165) is 12.3 Å². The van der Waals surface area contributed by atoms with Gasteiger partial charge in [-0.3, -0.25) is 9.78 Å². The van der Waals surface area contributed by atoms with Gasteiger partial charge in [-0.1, -0.05) is 0 Å². The van der Waals surface area contributed by atoms with Crippen LogP contribution in [0.5, 0.6) is 0 Å². The Hall–Kier alpha value is -2.35. The van der Waals surface area contributed by atoms with Crippen LogP contribution in [0, 0.1) is 18.6 Å². The summed E-state index contributed by atoms with van der Waals surface area (Å²) in [4.78, 5) is 15.1. The molecule has 0 unspecified atom stereocenters. The number of hydrogen-bond donors (Lipinski definition) is 1. The number of benzene rings is 1. The molecule has 1 N–H and O–H groups in total. The fourth-order valence-electron chi connectivity index (χ4n) is 1.97. The first-order valence-electron chi connectivity index (χ1n) is 6.68. The molecule has 1 amide bonds. The Morgan fingerprint density at radius 1 is 1.13 bits per heavy atom. The van der Waals surface area contributed by atoms with E-state index in [0.29, 0.717) is 11.1 Å². The quantitative estimate of drug-likeness (QED) is 0.904. The van der Waals surface area contributed by atoms with Crippen molar-refractivity contribution >= 4 is 15.9 Å². The fraction of sp³-hybridized carbons (Fsp3) is 0.200. The minimum atomic E-state index is -4.15. The maximum absolute atomic E-state index is 13.3. The van der Waals surface area contributed by atoms with E-state index in [9.17, 15) is 22.0 Å². The standard InChI is InChI=1S/C15H14F2N2O3S/c1-10-4-12(16)7-14(5-10)23(21,22)19-15(20)3-2-11-6-13(17)9-18-8-11/h4-9H,2-3H2,1H3,(H,19,20). The number of sulfonamides is 1. The van der Waals surface area contributed by atoms with Crippen molar-refractivity contribution in [1.29, 1.82) is 0 Å². The van der Waals surface area contributed by atoms with Crippen LogP contribution in [0.1, 0.15) is 17.5 Å². The number of pyridine rings is 1. The number of aromatic nitrogens is 1. The minimum Gasteiger partial charge on any atom is -0.274 e. The van der Waals surface area contributed by atoms with Gasteiger partial charge in [0.15, 0.2) is 0 Å². The van der Waals surface area contributed by atoms with Gasteiger partial charge in [-0.25, -0.2) is 21.9 Å². The number of aryl methyl sites for hydroxylation is 2. The van der Waals surface area contributed by atoms with E-state index in [1.54, 1.807) is 6.92 Å². The topological polar surface area (TPSA) is 76.1 Å². The van der Waals surface area contributed by atoms with Crippen LogP contribution in [0.15, 0.2) is 41.6 Å². The second-order valence-electron chi connectivity index (χ2n) is 5.00. The molecule has 0 fully saturated rings. The summed E-state index contributed by atoms with van der Waals surface area (Å²) in [5, 5.41) is 0. The van der Waals surface area contributed by atoms with E-state index in [-0.39, 0.29) is 17.7 Å². The Bertz CT molecular complexity index is 818. The van der Waals surface area contributed by atoms with E-state index in [1.165, 1.54) is 24.4 Å². The van der Waals surface area contributed by atoms with Crippen LogP contribution >= 0.6 is 0 Å². The van der Waals surface area contributed by atoms with E-state index < -0.39 is 27.6 Å². The van der Waals surface area contributed by atoms with Gasteiger partial charge in [0, 0.05) is 12.6 Å². The highest BCUT2D eigenvalue weighted by Gasteiger charge is 2.18. The summed E-state index contributed by atoms with van der Waals surface area (Å²) in [6, 6.07) is 4.48. The highest BCUT2D eigenvalue weighted by atomic mass is 32.2. The van der Waals surface area contributed by atoms with Crippen LogP contribution in [0.25, 0.3) is 0 Å². The number of nitrogens with one attached hydrogen (secondary N) is 1. The first kappa shape index (κ1) is 17.0. The van der Waals surface area contributed by atoms with Crippen molar-refractivity contribution in [1.82, 2.24) is 9.71 Å². The number of rotatable bonds is 5. The summed E-state index contributed by atoms with van der Waals surface area (Å²) < 4.78 is 52.2. The summed E-state index contributed by atoms with van der Waals surface area (Å²) in [6.07, 6.45) is 2.38. The van der Waals surface area contributed by atoms with Crippen LogP contribution in [0.4, 0.5) is 8.78 Å². The largest absolute Gasteiger partial charge is 0.274 e. The first-order chi connectivity index (χ1) is 10.8. The van der Waals surface area contributed by atoms with Crippen molar-refractivity contribution < 1.29 is 22.0 Å². The fourth-order valence-corrected chi connectivity index (χ4v) is 3.10. The Kier molecular flexibility index (Phi) is 5.05. The van der Waals surface area contributed by atoms with Gasteiger partial charge >= 0.3 is 0 Å². The van der Waals surface area contributed by atoms with Crippen molar-refractivity contribution in [2.75, 3.05) is 0 Å². The van der Waals surface area contributed by atoms with Crippen LogP contribution in [0.3, 0.4) is 0 Å². The third-order valence-corrected chi connectivity index (χ3v) is 4.33. The second kappa shape index (κ2) is 6.82. The number of carbonyl (C=O) groups is 1. The Balaban J connectivity index is 2.03. The average Bonchev–Trinajstić information content (AvgIpc) is 2.44. The van der Waals surface area contributed by atoms with Crippen LogP contribution in [0.2, 0.25) is 0 Å². The molecule has 0 spiro atoms. The molecule has 1 aromatic heterocycles. The molecule has 8 heteroatoms. The molecule has 0 saturated heterocycles. The number of amides is 1. The summed E-state index contributed by atoms with van der Waals surface area (Å²) in [5.74, 6) is -2.01. The molecule has 0 aliphatic rings. The van der Waals surface area contributed by atoms with Crippen molar-refractivity contribution in [3.8, 4) is 0 Å². The smallest absolute Gasteiger partial charge is 0.264 e. The highest BCUT2D eigenvalue weighted by Crippen LogP contribution is 2.14. The third kappa shape index (κ3) is 4.82. The molecule has 0 aliphatic heterocycles. The lowest BCUT2D eigenvalue weighted by Gasteiger charge is -2.08. The Labute approximate surface area is 132 Å². The number of nitrogens with zero attached hydrogens (tertiary/aromatic N) is 1. The minimum absolute atomic E-state index is 0.133. The van der Waals surface area contributed by atoms with Crippen molar-refractivity contribution in [2.45, 2.75) is 24.7 Å². The molecule has 1 heterocycles. The lowest BCUT2D eigenvalue weighted by atomic mass is 10.1. The Morgan fingerprint density at radius 3 is 2.52 bits per heavy atom. The van der Waals surface area contributed by atoms with E-state index in [2.05, 4.69) is 4.98 Å². The Morgan fingerprint density at radius 2 is 1.87 bits per heavy atom. The summed E-state index contributed by atoms with van der Waals surface area (Å²) in [7, 11) is -4.15. The SMILES string of the molecule is Cc1cc(F)cc(S(=O)(=O)NC(=O)CCc2cncc(F)c2)c1. The normalized spacial score (nSPS) is 11.3. The maximum atomic E-state index is 13.3. The second-order valence-corrected chi connectivity index (χ2v) is 6.69. The molecule has 0 saturated carbocycles. The molecule has 1 aromatic carbocycles. The van der Waals surface area contributed by atoms with Crippen LogP contribution in [-0.2, 0) is 21.2 Å². The lowest BCUT2D eigenvalue weighted by molar-refractivity contribution is -0.119. The van der Waals surface area contributed by atoms with Crippen LogP contribution in [-0.4, -0.2) is 19.3 Å². The van der Waals surface area contributed by atoms with Gasteiger partial charge in [0.25, 0.3) is 10.0 Å². The lowest BCUT2D eigenvalue weighted by Crippen LogP contribution is -2.30. The summed E-state index contributed by atoms with van der Waals surface area (Å²) in [6.45, 7) is 1.54. The molecular weight excluding hydrogens is 326 g/mol. The van der Waals surface area contributed by atoms with E-state index in [1.807, 2.05) is 4.72 Å². The molecule has 0 aliphatic carbocycles. The van der Waals surface area contributed by atoms with E-state index in [4.69, 9.17) is 0 Å². The molecule has 23 heavy (non-hydrogen) atoms. The summed E-state index contributed by atoms with van der Waals surface area (Å²) >= 11 is 0. The molecular formula is C15H14F2N2O3S.